The largest absolute Gasteiger partial charge is 0.492 e. The number of hydrogen-bond acceptors (Lipinski definition) is 6. The lowest BCUT2D eigenvalue weighted by atomic mass is 10.0. The number of fused-ring (bicyclic) bond motifs is 1. The Labute approximate surface area is 195 Å². The van der Waals surface area contributed by atoms with Gasteiger partial charge >= 0.3 is 0 Å². The Morgan fingerprint density at radius 3 is 2.30 bits per heavy atom. The molecule has 0 fully saturated rings. The first kappa shape index (κ1) is 22.5. The van der Waals surface area contributed by atoms with Crippen molar-refractivity contribution in [2.75, 3.05) is 51.2 Å². The molecular weight excluding hydrogens is 416 g/mol. The van der Waals surface area contributed by atoms with Gasteiger partial charge in [0.2, 0.25) is 0 Å². The van der Waals surface area contributed by atoms with E-state index in [0.29, 0.717) is 0 Å². The number of nitrogens with zero attached hydrogens (tertiary/aromatic N) is 2. The molecule has 2 aromatic carbocycles. The summed E-state index contributed by atoms with van der Waals surface area (Å²) in [7, 11) is 7.04. The first-order valence-electron chi connectivity index (χ1n) is 11.0. The minimum atomic E-state index is -0.257. The quantitative estimate of drug-likeness (QED) is 0.639. The van der Waals surface area contributed by atoms with E-state index in [1.165, 1.54) is 14.2 Å². The molecule has 1 aliphatic carbocycles. The lowest BCUT2D eigenvalue weighted by Gasteiger charge is -2.36. The summed E-state index contributed by atoms with van der Waals surface area (Å²) in [6, 6.07) is 14.7. The Balaban J connectivity index is 1.65. The van der Waals surface area contributed by atoms with Crippen LogP contribution in [0, 0.1) is 0 Å². The molecule has 0 saturated carbocycles. The number of anilines is 2. The van der Waals surface area contributed by atoms with Gasteiger partial charge in [0.15, 0.2) is 11.5 Å². The summed E-state index contributed by atoms with van der Waals surface area (Å²) in [6.45, 7) is 3.85. The van der Waals surface area contributed by atoms with Gasteiger partial charge in [0, 0.05) is 26.3 Å². The molecule has 2 aliphatic rings. The fraction of sp³-hybridized carbons (Fsp3) is 0.296. The molecule has 1 atom stereocenters. The number of ether oxygens (including phenoxy) is 3. The zero-order valence-corrected chi connectivity index (χ0v) is 19.8. The molecule has 0 saturated heterocycles. The van der Waals surface area contributed by atoms with Crippen molar-refractivity contribution < 1.29 is 19.0 Å². The minimum Gasteiger partial charge on any atom is -0.492 e. The molecule has 6 nitrogen and oxygen atoms in total. The summed E-state index contributed by atoms with van der Waals surface area (Å²) >= 11 is 0. The van der Waals surface area contributed by atoms with E-state index in [0.717, 1.165) is 46.9 Å². The second kappa shape index (κ2) is 9.45. The Morgan fingerprint density at radius 2 is 1.73 bits per heavy atom. The first-order chi connectivity index (χ1) is 15.9. The van der Waals surface area contributed by atoms with Crippen molar-refractivity contribution >= 4 is 23.2 Å². The number of allylic oxidation sites excluding steroid dienone is 3. The third-order valence-electron chi connectivity index (χ3n) is 5.96. The number of hydrogen-bond donors (Lipinski definition) is 0. The molecule has 0 N–H and O–H groups in total. The maximum absolute atomic E-state index is 12.2. The molecule has 172 valence electrons. The number of benzene rings is 2. The average molecular weight is 447 g/mol. The first-order valence-corrected chi connectivity index (χ1v) is 11.0. The van der Waals surface area contributed by atoms with Crippen LogP contribution in [0.2, 0.25) is 0 Å². The van der Waals surface area contributed by atoms with Crippen molar-refractivity contribution in [2.24, 2.45) is 0 Å². The molecule has 2 aromatic rings. The number of carbonyl (C=O) groups is 1. The van der Waals surface area contributed by atoms with Crippen LogP contribution in [-0.2, 0) is 14.3 Å². The van der Waals surface area contributed by atoms with Gasteiger partial charge in [0.1, 0.15) is 11.9 Å². The summed E-state index contributed by atoms with van der Waals surface area (Å²) in [5, 5.41) is 0. The highest BCUT2D eigenvalue weighted by Gasteiger charge is 2.27. The lowest BCUT2D eigenvalue weighted by molar-refractivity contribution is -0.117. The van der Waals surface area contributed by atoms with Gasteiger partial charge in [-0.05, 0) is 66.1 Å². The number of ketones is 1. The maximum atomic E-state index is 12.2. The average Bonchev–Trinajstić information content (AvgIpc) is 2.84. The topological polar surface area (TPSA) is 51.2 Å². The summed E-state index contributed by atoms with van der Waals surface area (Å²) in [5.41, 5.74) is 5.19. The summed E-state index contributed by atoms with van der Waals surface area (Å²) in [5.74, 6) is 1.10. The number of methoxy groups -OCH3 is 2. The van der Waals surface area contributed by atoms with Crippen LogP contribution < -0.4 is 14.5 Å². The number of carbonyl (C=O) groups excluding carboxylic acids is 1. The van der Waals surface area contributed by atoms with Crippen LogP contribution in [0.15, 0.2) is 71.7 Å². The van der Waals surface area contributed by atoms with E-state index in [1.807, 2.05) is 26.2 Å². The second-order valence-corrected chi connectivity index (χ2v) is 8.26. The molecule has 1 aliphatic heterocycles. The van der Waals surface area contributed by atoms with E-state index in [4.69, 9.17) is 14.2 Å². The standard InChI is InChI=1S/C27H30N2O4/c1-6-29-17-26(20-8-10-21(11-9-20)28(2)3)33-23-14-18(7-12-22(23)29)13-19-15-24(31-4)27(30)25(16-19)32-5/h7-16,26H,6,17H2,1-5H3. The van der Waals surface area contributed by atoms with Crippen molar-refractivity contribution in [3.05, 3.63) is 82.8 Å². The zero-order chi connectivity index (χ0) is 23.5. The highest BCUT2D eigenvalue weighted by atomic mass is 16.5. The van der Waals surface area contributed by atoms with Crippen molar-refractivity contribution in [1.29, 1.82) is 0 Å². The summed E-state index contributed by atoms with van der Waals surface area (Å²) < 4.78 is 16.9. The van der Waals surface area contributed by atoms with Crippen molar-refractivity contribution in [1.82, 2.24) is 0 Å². The third-order valence-corrected chi connectivity index (χ3v) is 5.96. The van der Waals surface area contributed by atoms with E-state index in [-0.39, 0.29) is 23.4 Å². The van der Waals surface area contributed by atoms with Crippen molar-refractivity contribution in [3.8, 4) is 5.75 Å². The summed E-state index contributed by atoms with van der Waals surface area (Å²) in [6.07, 6.45) is 5.38. The van der Waals surface area contributed by atoms with Gasteiger partial charge in [0.05, 0.1) is 26.5 Å². The molecule has 0 radical (unpaired) electrons. The minimum absolute atomic E-state index is 0.0520. The molecule has 0 aromatic heterocycles. The van der Waals surface area contributed by atoms with Gasteiger partial charge in [-0.2, -0.15) is 0 Å². The Hall–Kier alpha value is -3.67. The molecule has 0 amide bonds. The van der Waals surface area contributed by atoms with Crippen LogP contribution in [-0.4, -0.2) is 47.2 Å². The normalized spacial score (nSPS) is 17.5. The van der Waals surface area contributed by atoms with E-state index >= 15 is 0 Å². The van der Waals surface area contributed by atoms with Gasteiger partial charge in [-0.1, -0.05) is 18.2 Å². The molecule has 0 bridgehead atoms. The van der Waals surface area contributed by atoms with Gasteiger partial charge < -0.3 is 24.0 Å². The lowest BCUT2D eigenvalue weighted by Crippen LogP contribution is -2.35. The smallest absolute Gasteiger partial charge is 0.261 e. The SMILES string of the molecule is CCN1CC(c2ccc(N(C)C)cc2)Oc2cc(C=C3C=C(OC)C(=O)C(OC)=C3)ccc21. The molecule has 4 rings (SSSR count). The Bertz CT molecular complexity index is 1100. The third kappa shape index (κ3) is 4.60. The molecular formula is C27H30N2O4. The Morgan fingerprint density at radius 1 is 1.06 bits per heavy atom. The number of Topliss-reactive ketones (excluding diaryl/α,β-unsaturated/α-hetero) is 1. The molecule has 1 heterocycles. The maximum Gasteiger partial charge on any atom is 0.261 e. The highest BCUT2D eigenvalue weighted by molar-refractivity contribution is 6.07. The van der Waals surface area contributed by atoms with Gasteiger partial charge in [0.25, 0.3) is 5.78 Å². The zero-order valence-electron chi connectivity index (χ0n) is 19.8. The van der Waals surface area contributed by atoms with Crippen LogP contribution in [0.25, 0.3) is 6.08 Å². The summed E-state index contributed by atoms with van der Waals surface area (Å²) in [4.78, 5) is 16.7. The molecule has 33 heavy (non-hydrogen) atoms. The van der Waals surface area contributed by atoms with E-state index in [9.17, 15) is 4.79 Å². The van der Waals surface area contributed by atoms with Crippen LogP contribution in [0.4, 0.5) is 11.4 Å². The van der Waals surface area contributed by atoms with Gasteiger partial charge in [-0.3, -0.25) is 4.79 Å². The van der Waals surface area contributed by atoms with E-state index < -0.39 is 0 Å². The fourth-order valence-electron chi connectivity index (χ4n) is 4.10. The molecule has 1 unspecified atom stereocenters. The predicted octanol–water partition coefficient (Wildman–Crippen LogP) is 4.74. The van der Waals surface area contributed by atoms with Gasteiger partial charge in [-0.15, -0.1) is 0 Å². The van der Waals surface area contributed by atoms with Gasteiger partial charge in [-0.25, -0.2) is 0 Å². The highest BCUT2D eigenvalue weighted by Crippen LogP contribution is 2.39. The molecule has 6 heteroatoms. The van der Waals surface area contributed by atoms with E-state index in [1.54, 1.807) is 12.2 Å². The molecule has 0 spiro atoms. The van der Waals surface area contributed by atoms with Crippen LogP contribution >= 0.6 is 0 Å². The van der Waals surface area contributed by atoms with Crippen LogP contribution in [0.3, 0.4) is 0 Å². The van der Waals surface area contributed by atoms with Crippen LogP contribution in [0.5, 0.6) is 5.75 Å². The predicted molar refractivity (Wildman–Crippen MR) is 132 cm³/mol. The Kier molecular flexibility index (Phi) is 6.45. The van der Waals surface area contributed by atoms with Crippen molar-refractivity contribution in [2.45, 2.75) is 13.0 Å². The van der Waals surface area contributed by atoms with Crippen molar-refractivity contribution in [3.63, 3.8) is 0 Å². The fourth-order valence-corrected chi connectivity index (χ4v) is 4.10. The van der Waals surface area contributed by atoms with Crippen LogP contribution in [0.1, 0.15) is 24.2 Å². The number of rotatable bonds is 6. The number of likely N-dealkylation sites (N-methyl/N-ethyl adjacent to an activating group) is 1. The monoisotopic (exact) mass is 446 g/mol. The van der Waals surface area contributed by atoms with E-state index in [2.05, 4.69) is 53.1 Å². The second-order valence-electron chi connectivity index (χ2n) is 8.26.